The van der Waals surface area contributed by atoms with Crippen molar-refractivity contribution < 1.29 is 27.8 Å². The molecule has 20 heavy (non-hydrogen) atoms. The maximum absolute atomic E-state index is 12.1. The minimum atomic E-state index is -4.75. The summed E-state index contributed by atoms with van der Waals surface area (Å²) in [4.78, 5) is 14.7. The predicted octanol–water partition coefficient (Wildman–Crippen LogP) is 3.07. The number of hydrogen-bond donors (Lipinski definition) is 1. The number of halogens is 3. The van der Waals surface area contributed by atoms with Gasteiger partial charge in [-0.15, -0.1) is 13.2 Å². The van der Waals surface area contributed by atoms with Crippen molar-refractivity contribution in [3.05, 3.63) is 35.5 Å². The van der Waals surface area contributed by atoms with Crippen molar-refractivity contribution >= 4 is 16.9 Å². The molecule has 4 nitrogen and oxygen atoms in total. The number of fused-ring (bicyclic) bond motifs is 1. The first-order chi connectivity index (χ1) is 9.24. The van der Waals surface area contributed by atoms with Gasteiger partial charge in [0.1, 0.15) is 5.75 Å². The summed E-state index contributed by atoms with van der Waals surface area (Å²) in [6.45, 7) is 1.67. The van der Waals surface area contributed by atoms with Crippen molar-refractivity contribution in [1.82, 2.24) is 4.98 Å². The van der Waals surface area contributed by atoms with E-state index in [2.05, 4.69) is 9.72 Å². The smallest absolute Gasteiger partial charge is 0.481 e. The normalized spacial score (nSPS) is 11.6. The second kappa shape index (κ2) is 4.99. The van der Waals surface area contributed by atoms with Crippen molar-refractivity contribution in [3.63, 3.8) is 0 Å². The Morgan fingerprint density at radius 2 is 2.05 bits per heavy atom. The van der Waals surface area contributed by atoms with Gasteiger partial charge in [-0.05, 0) is 36.8 Å². The third-order valence-corrected chi connectivity index (χ3v) is 2.61. The highest BCUT2D eigenvalue weighted by molar-refractivity contribution is 5.84. The van der Waals surface area contributed by atoms with Gasteiger partial charge in [0.25, 0.3) is 0 Å². The van der Waals surface area contributed by atoms with Gasteiger partial charge < -0.3 is 9.84 Å². The molecule has 1 heterocycles. The lowest BCUT2D eigenvalue weighted by atomic mass is 10.1. The van der Waals surface area contributed by atoms with E-state index in [1.165, 1.54) is 18.2 Å². The summed E-state index contributed by atoms with van der Waals surface area (Å²) >= 11 is 0. The number of aromatic nitrogens is 1. The van der Waals surface area contributed by atoms with E-state index in [1.54, 1.807) is 6.92 Å². The van der Waals surface area contributed by atoms with E-state index in [4.69, 9.17) is 5.11 Å². The Kier molecular flexibility index (Phi) is 3.52. The second-order valence-electron chi connectivity index (χ2n) is 4.23. The number of carbonyl (C=O) groups is 1. The zero-order valence-electron chi connectivity index (χ0n) is 10.4. The Bertz CT molecular complexity index is 668. The maximum Gasteiger partial charge on any atom is 0.573 e. The molecule has 0 saturated carbocycles. The molecule has 2 rings (SSSR count). The van der Waals surface area contributed by atoms with E-state index >= 15 is 0 Å². The summed E-state index contributed by atoms with van der Waals surface area (Å²) in [6, 6.07) is 5.28. The number of pyridine rings is 1. The van der Waals surface area contributed by atoms with Gasteiger partial charge in [0.15, 0.2) is 0 Å². The van der Waals surface area contributed by atoms with Gasteiger partial charge >= 0.3 is 12.3 Å². The quantitative estimate of drug-likeness (QED) is 0.941. The lowest BCUT2D eigenvalue weighted by Crippen LogP contribution is -2.17. The number of benzene rings is 1. The molecule has 0 spiro atoms. The summed E-state index contributed by atoms with van der Waals surface area (Å²) < 4.78 is 40.3. The van der Waals surface area contributed by atoms with Crippen LogP contribution in [-0.4, -0.2) is 22.4 Å². The van der Waals surface area contributed by atoms with E-state index in [0.29, 0.717) is 22.2 Å². The molecule has 0 fully saturated rings. The highest BCUT2D eigenvalue weighted by Crippen LogP contribution is 2.27. The highest BCUT2D eigenvalue weighted by atomic mass is 19.4. The first-order valence-electron chi connectivity index (χ1n) is 5.62. The molecule has 0 aliphatic heterocycles. The predicted molar refractivity (Wildman–Crippen MR) is 64.5 cm³/mol. The molecule has 1 aromatic heterocycles. The first kappa shape index (κ1) is 14.1. The minimum Gasteiger partial charge on any atom is -0.481 e. The molecule has 0 radical (unpaired) electrons. The molecule has 0 aliphatic rings. The van der Waals surface area contributed by atoms with Gasteiger partial charge in [-0.2, -0.15) is 0 Å². The molecule has 1 aromatic carbocycles. The maximum atomic E-state index is 12.1. The molecule has 7 heteroatoms. The Morgan fingerprint density at radius 1 is 1.35 bits per heavy atom. The van der Waals surface area contributed by atoms with Crippen molar-refractivity contribution in [3.8, 4) is 5.75 Å². The van der Waals surface area contributed by atoms with Crippen molar-refractivity contribution in [1.29, 1.82) is 0 Å². The molecule has 0 aliphatic carbocycles. The number of nitrogens with zero attached hydrogens (tertiary/aromatic N) is 1. The summed E-state index contributed by atoms with van der Waals surface area (Å²) in [5.74, 6) is -1.35. The third-order valence-electron chi connectivity index (χ3n) is 2.61. The van der Waals surface area contributed by atoms with E-state index in [0.717, 1.165) is 6.07 Å². The zero-order valence-corrected chi connectivity index (χ0v) is 10.4. The van der Waals surface area contributed by atoms with Crippen LogP contribution in [0.4, 0.5) is 13.2 Å². The molecule has 0 unspecified atom stereocenters. The average Bonchev–Trinajstić information content (AvgIpc) is 2.27. The number of ether oxygens (including phenoxy) is 1. The fraction of sp³-hybridized carbons (Fsp3) is 0.231. The van der Waals surface area contributed by atoms with Crippen LogP contribution in [0.15, 0.2) is 24.3 Å². The summed E-state index contributed by atoms with van der Waals surface area (Å²) in [6.07, 6.45) is -4.99. The van der Waals surface area contributed by atoms with E-state index in [1.807, 2.05) is 0 Å². The summed E-state index contributed by atoms with van der Waals surface area (Å²) in [5, 5.41) is 9.20. The van der Waals surface area contributed by atoms with Gasteiger partial charge in [-0.1, -0.05) is 0 Å². The fourth-order valence-corrected chi connectivity index (χ4v) is 1.89. The van der Waals surface area contributed by atoms with Gasteiger partial charge in [-0.25, -0.2) is 0 Å². The van der Waals surface area contributed by atoms with E-state index in [9.17, 15) is 18.0 Å². The van der Waals surface area contributed by atoms with Gasteiger partial charge in [0, 0.05) is 5.39 Å². The van der Waals surface area contributed by atoms with Crippen LogP contribution in [0.2, 0.25) is 0 Å². The second-order valence-corrected chi connectivity index (χ2v) is 4.23. The van der Waals surface area contributed by atoms with Gasteiger partial charge in [-0.3, -0.25) is 9.78 Å². The molecule has 106 valence electrons. The van der Waals surface area contributed by atoms with Crippen LogP contribution in [0.1, 0.15) is 11.3 Å². The molecule has 0 saturated heterocycles. The minimum absolute atomic E-state index is 0.239. The third kappa shape index (κ3) is 3.37. The summed E-state index contributed by atoms with van der Waals surface area (Å²) in [7, 11) is 0. The van der Waals surface area contributed by atoms with Crippen LogP contribution in [0, 0.1) is 6.92 Å². The number of carboxylic acid groups (broad SMARTS) is 1. The first-order valence-corrected chi connectivity index (χ1v) is 5.62. The number of aliphatic carboxylic acids is 1. The van der Waals surface area contributed by atoms with E-state index in [-0.39, 0.29) is 12.2 Å². The Morgan fingerprint density at radius 3 is 2.65 bits per heavy atom. The number of hydrogen-bond acceptors (Lipinski definition) is 3. The van der Waals surface area contributed by atoms with Crippen LogP contribution in [0.3, 0.4) is 0 Å². The van der Waals surface area contributed by atoms with Crippen LogP contribution in [-0.2, 0) is 11.2 Å². The number of alkyl halides is 3. The Balaban J connectivity index is 2.44. The monoisotopic (exact) mass is 285 g/mol. The molecule has 2 aromatic rings. The highest BCUT2D eigenvalue weighted by Gasteiger charge is 2.31. The summed E-state index contributed by atoms with van der Waals surface area (Å²) in [5.41, 5.74) is 1.42. The molecule has 1 N–H and O–H groups in total. The van der Waals surface area contributed by atoms with Crippen LogP contribution < -0.4 is 4.74 Å². The number of rotatable bonds is 3. The topological polar surface area (TPSA) is 59.4 Å². The van der Waals surface area contributed by atoms with Crippen molar-refractivity contribution in [2.45, 2.75) is 19.7 Å². The molecular formula is C13H10F3NO3. The SMILES string of the molecule is Cc1cc(CC(=O)O)nc2ccc(OC(F)(F)F)cc12. The van der Waals surface area contributed by atoms with Crippen LogP contribution >= 0.6 is 0 Å². The largest absolute Gasteiger partial charge is 0.573 e. The Hall–Kier alpha value is -2.31. The molecule has 0 atom stereocenters. The zero-order chi connectivity index (χ0) is 14.9. The lowest BCUT2D eigenvalue weighted by molar-refractivity contribution is -0.274. The lowest BCUT2D eigenvalue weighted by Gasteiger charge is -2.11. The molecule has 0 amide bonds. The Labute approximate surface area is 111 Å². The van der Waals surface area contributed by atoms with Gasteiger partial charge in [0.05, 0.1) is 17.6 Å². The number of aryl methyl sites for hydroxylation is 1. The van der Waals surface area contributed by atoms with Crippen molar-refractivity contribution in [2.24, 2.45) is 0 Å². The standard InChI is InChI=1S/C13H10F3NO3/c1-7-4-8(5-12(18)19)17-11-3-2-9(6-10(7)11)20-13(14,15)16/h2-4,6H,5H2,1H3,(H,18,19). The van der Waals surface area contributed by atoms with E-state index < -0.39 is 12.3 Å². The average molecular weight is 285 g/mol. The van der Waals surface area contributed by atoms with Gasteiger partial charge in [0.2, 0.25) is 0 Å². The van der Waals surface area contributed by atoms with Crippen LogP contribution in [0.25, 0.3) is 10.9 Å². The number of carboxylic acids is 1. The van der Waals surface area contributed by atoms with Crippen LogP contribution in [0.5, 0.6) is 5.75 Å². The molecular weight excluding hydrogens is 275 g/mol. The van der Waals surface area contributed by atoms with Crippen molar-refractivity contribution in [2.75, 3.05) is 0 Å². The fourth-order valence-electron chi connectivity index (χ4n) is 1.89. The molecule has 0 bridgehead atoms.